The van der Waals surface area contributed by atoms with E-state index in [-0.39, 0.29) is 5.39 Å². The number of rotatable bonds is 2. The highest BCUT2D eigenvalue weighted by Crippen LogP contribution is 2.47. The van der Waals surface area contributed by atoms with E-state index in [2.05, 4.69) is 0 Å². The first-order valence-corrected chi connectivity index (χ1v) is 10.1. The third-order valence-electron chi connectivity index (χ3n) is 5.91. The maximum atomic E-state index is 14.9. The Morgan fingerprint density at radius 2 is 0.622 bits per heavy atom. The SMILES string of the molecule is Fc1ccc2c(-c3c(F)c(F)c(F)c(F)c3F)c3ccccc3c(-c3c(F)c(F)c(F)c(F)c3F)c2c1. The molecular formula is C26H7F11. The highest BCUT2D eigenvalue weighted by atomic mass is 19.2. The quantitative estimate of drug-likeness (QED) is 0.0930. The summed E-state index contributed by atoms with van der Waals surface area (Å²) >= 11 is 0. The van der Waals surface area contributed by atoms with Crippen LogP contribution in [0.5, 0.6) is 0 Å². The summed E-state index contributed by atoms with van der Waals surface area (Å²) < 4.78 is 158. The summed E-state index contributed by atoms with van der Waals surface area (Å²) in [4.78, 5) is 0. The molecule has 188 valence electrons. The number of halogens is 11. The van der Waals surface area contributed by atoms with Crippen LogP contribution in [-0.2, 0) is 0 Å². The van der Waals surface area contributed by atoms with Crippen LogP contribution in [0, 0.1) is 64.0 Å². The van der Waals surface area contributed by atoms with Gasteiger partial charge >= 0.3 is 0 Å². The van der Waals surface area contributed by atoms with Crippen LogP contribution in [0.25, 0.3) is 43.8 Å². The van der Waals surface area contributed by atoms with Crippen molar-refractivity contribution in [3.8, 4) is 22.3 Å². The normalized spacial score (nSPS) is 11.6. The molecule has 37 heavy (non-hydrogen) atoms. The van der Waals surface area contributed by atoms with Crippen molar-refractivity contribution in [3.63, 3.8) is 0 Å². The van der Waals surface area contributed by atoms with Crippen LogP contribution in [0.15, 0.2) is 42.5 Å². The molecule has 0 bridgehead atoms. The lowest BCUT2D eigenvalue weighted by Crippen LogP contribution is -2.07. The Morgan fingerprint density at radius 3 is 1.03 bits per heavy atom. The van der Waals surface area contributed by atoms with E-state index in [4.69, 9.17) is 0 Å². The number of benzene rings is 5. The van der Waals surface area contributed by atoms with E-state index < -0.39 is 102 Å². The lowest BCUT2D eigenvalue weighted by Gasteiger charge is -2.19. The maximum Gasteiger partial charge on any atom is 0.200 e. The first kappa shape index (κ1) is 24.5. The van der Waals surface area contributed by atoms with E-state index in [1.54, 1.807) is 0 Å². The molecule has 5 rings (SSSR count). The van der Waals surface area contributed by atoms with Crippen molar-refractivity contribution in [1.82, 2.24) is 0 Å². The highest BCUT2D eigenvalue weighted by molar-refractivity contribution is 6.21. The Labute approximate surface area is 199 Å². The highest BCUT2D eigenvalue weighted by Gasteiger charge is 2.32. The lowest BCUT2D eigenvalue weighted by molar-refractivity contribution is 0.381. The molecule has 0 aromatic heterocycles. The van der Waals surface area contributed by atoms with Gasteiger partial charge in [-0.15, -0.1) is 0 Å². The maximum absolute atomic E-state index is 14.9. The predicted molar refractivity (Wildman–Crippen MR) is 112 cm³/mol. The first-order valence-electron chi connectivity index (χ1n) is 10.1. The molecule has 0 nitrogen and oxygen atoms in total. The molecule has 0 amide bonds. The molecule has 0 N–H and O–H groups in total. The van der Waals surface area contributed by atoms with Crippen LogP contribution in [-0.4, -0.2) is 0 Å². The average molecular weight is 528 g/mol. The van der Waals surface area contributed by atoms with Gasteiger partial charge in [-0.25, -0.2) is 48.3 Å². The van der Waals surface area contributed by atoms with Gasteiger partial charge in [0.2, 0.25) is 11.6 Å². The smallest absolute Gasteiger partial charge is 0.200 e. The summed E-state index contributed by atoms with van der Waals surface area (Å²) in [6.07, 6.45) is 0. The summed E-state index contributed by atoms with van der Waals surface area (Å²) in [5.74, 6) is -24.3. The molecule has 0 aliphatic rings. The first-order chi connectivity index (χ1) is 17.5. The van der Waals surface area contributed by atoms with Gasteiger partial charge in [-0.3, -0.25) is 0 Å². The Hall–Kier alpha value is -4.15. The number of hydrogen-bond acceptors (Lipinski definition) is 0. The summed E-state index contributed by atoms with van der Waals surface area (Å²) in [5, 5.41) is -1.94. The molecule has 11 heteroatoms. The largest absolute Gasteiger partial charge is 0.207 e. The van der Waals surface area contributed by atoms with Gasteiger partial charge in [0.1, 0.15) is 5.82 Å². The van der Waals surface area contributed by atoms with Crippen LogP contribution in [0.3, 0.4) is 0 Å². The van der Waals surface area contributed by atoms with Gasteiger partial charge in [0.25, 0.3) is 0 Å². The molecule has 0 saturated carbocycles. The molecule has 0 aliphatic carbocycles. The molecule has 0 spiro atoms. The predicted octanol–water partition coefficient (Wildman–Crippen LogP) is 8.86. The van der Waals surface area contributed by atoms with Crippen molar-refractivity contribution in [2.45, 2.75) is 0 Å². The van der Waals surface area contributed by atoms with Gasteiger partial charge in [-0.2, -0.15) is 0 Å². The Bertz CT molecular complexity index is 1730. The molecule has 0 fully saturated rings. The van der Waals surface area contributed by atoms with Crippen molar-refractivity contribution >= 4 is 21.5 Å². The van der Waals surface area contributed by atoms with Gasteiger partial charge in [0, 0.05) is 11.1 Å². The number of hydrogen-bond donors (Lipinski definition) is 0. The third kappa shape index (κ3) is 3.36. The van der Waals surface area contributed by atoms with Crippen LogP contribution < -0.4 is 0 Å². The Balaban J connectivity index is 2.10. The molecule has 0 aliphatic heterocycles. The molecule has 5 aromatic carbocycles. The standard InChI is InChI=1S/C26H7F11/c27-8-5-6-11-12(7-8)14(16-19(30)23(34)26(37)24(35)20(16)31)10-4-2-1-3-9(10)13(11)15-17(28)21(32)25(36)22(33)18(15)29/h1-7H. The number of fused-ring (bicyclic) bond motifs is 2. The van der Waals surface area contributed by atoms with Gasteiger partial charge in [-0.1, -0.05) is 30.3 Å². The van der Waals surface area contributed by atoms with E-state index >= 15 is 0 Å². The second kappa shape index (κ2) is 8.46. The monoisotopic (exact) mass is 528 g/mol. The van der Waals surface area contributed by atoms with Gasteiger partial charge in [-0.05, 0) is 33.7 Å². The average Bonchev–Trinajstić information content (AvgIpc) is 2.89. The van der Waals surface area contributed by atoms with Crippen LogP contribution in [0.2, 0.25) is 0 Å². The van der Waals surface area contributed by atoms with Gasteiger partial charge < -0.3 is 0 Å². The van der Waals surface area contributed by atoms with Crippen molar-refractivity contribution in [2.24, 2.45) is 0 Å². The second-order valence-corrected chi connectivity index (χ2v) is 7.88. The van der Waals surface area contributed by atoms with Crippen molar-refractivity contribution in [3.05, 3.63) is 106 Å². The minimum atomic E-state index is -2.46. The van der Waals surface area contributed by atoms with Crippen LogP contribution in [0.1, 0.15) is 0 Å². The molecular weight excluding hydrogens is 521 g/mol. The summed E-state index contributed by atoms with van der Waals surface area (Å²) in [5.41, 5.74) is -4.36. The summed E-state index contributed by atoms with van der Waals surface area (Å²) in [7, 11) is 0. The van der Waals surface area contributed by atoms with Gasteiger partial charge in [0.05, 0.1) is 11.1 Å². The third-order valence-corrected chi connectivity index (χ3v) is 5.91. The van der Waals surface area contributed by atoms with E-state index in [1.807, 2.05) is 0 Å². The van der Waals surface area contributed by atoms with Crippen LogP contribution in [0.4, 0.5) is 48.3 Å². The van der Waals surface area contributed by atoms with E-state index in [0.717, 1.165) is 24.3 Å². The molecule has 0 atom stereocenters. The molecule has 0 unspecified atom stereocenters. The summed E-state index contributed by atoms with van der Waals surface area (Å²) in [6, 6.07) is 6.67. The van der Waals surface area contributed by atoms with E-state index in [0.29, 0.717) is 6.07 Å². The Morgan fingerprint density at radius 1 is 0.297 bits per heavy atom. The van der Waals surface area contributed by atoms with Crippen molar-refractivity contribution < 1.29 is 48.3 Å². The van der Waals surface area contributed by atoms with Gasteiger partial charge in [0.15, 0.2) is 46.5 Å². The van der Waals surface area contributed by atoms with E-state index in [1.165, 1.54) is 12.1 Å². The molecule has 0 saturated heterocycles. The minimum absolute atomic E-state index is 0.385. The summed E-state index contributed by atoms with van der Waals surface area (Å²) in [6.45, 7) is 0. The fourth-order valence-corrected chi connectivity index (χ4v) is 4.34. The minimum Gasteiger partial charge on any atom is -0.207 e. The molecule has 5 aromatic rings. The molecule has 0 radical (unpaired) electrons. The fourth-order valence-electron chi connectivity index (χ4n) is 4.34. The lowest BCUT2D eigenvalue weighted by atomic mass is 9.85. The van der Waals surface area contributed by atoms with Crippen molar-refractivity contribution in [1.29, 1.82) is 0 Å². The zero-order chi connectivity index (χ0) is 26.9. The topological polar surface area (TPSA) is 0 Å². The molecule has 0 heterocycles. The fraction of sp³-hybridized carbons (Fsp3) is 0. The van der Waals surface area contributed by atoms with Crippen molar-refractivity contribution in [2.75, 3.05) is 0 Å². The Kier molecular flexibility index (Phi) is 5.61. The van der Waals surface area contributed by atoms with E-state index in [9.17, 15) is 48.3 Å². The second-order valence-electron chi connectivity index (χ2n) is 7.88. The zero-order valence-corrected chi connectivity index (χ0v) is 17.7. The van der Waals surface area contributed by atoms with Crippen LogP contribution >= 0.6 is 0 Å². The zero-order valence-electron chi connectivity index (χ0n) is 17.7.